The number of nitrogens with one attached hydrogen (secondary N) is 1. The lowest BCUT2D eigenvalue weighted by atomic mass is 9.94. The smallest absolute Gasteiger partial charge is 0.230 e. The molecule has 0 spiro atoms. The third-order valence-electron chi connectivity index (χ3n) is 4.19. The summed E-state index contributed by atoms with van der Waals surface area (Å²) in [5, 5.41) is 3.34. The lowest BCUT2D eigenvalue weighted by Crippen LogP contribution is -2.42. The van der Waals surface area contributed by atoms with Gasteiger partial charge in [0, 0.05) is 24.2 Å². The van der Waals surface area contributed by atoms with Crippen LogP contribution in [0.25, 0.3) is 0 Å². The Morgan fingerprint density at radius 2 is 2.05 bits per heavy atom. The Labute approximate surface area is 116 Å². The molecule has 0 saturated heterocycles. The molecule has 1 N–H and O–H groups in total. The van der Waals surface area contributed by atoms with Crippen molar-refractivity contribution >= 4 is 11.6 Å². The van der Waals surface area contributed by atoms with E-state index in [4.69, 9.17) is 0 Å². The van der Waals surface area contributed by atoms with E-state index in [9.17, 15) is 4.79 Å². The van der Waals surface area contributed by atoms with Crippen LogP contribution < -0.4 is 10.2 Å². The molecule has 104 valence electrons. The summed E-state index contributed by atoms with van der Waals surface area (Å²) in [5.74, 6) is 0.436. The molecule has 1 atom stereocenters. The first kappa shape index (κ1) is 14.1. The van der Waals surface area contributed by atoms with Crippen molar-refractivity contribution in [2.45, 2.75) is 39.2 Å². The van der Waals surface area contributed by atoms with Gasteiger partial charge in [-0.2, -0.15) is 0 Å². The fourth-order valence-corrected chi connectivity index (χ4v) is 2.95. The van der Waals surface area contributed by atoms with Crippen LogP contribution in [-0.4, -0.2) is 19.5 Å². The van der Waals surface area contributed by atoms with Crippen molar-refractivity contribution in [3.63, 3.8) is 0 Å². The largest absolute Gasteiger partial charge is 0.313 e. The monoisotopic (exact) mass is 260 g/mol. The third-order valence-corrected chi connectivity index (χ3v) is 4.19. The van der Waals surface area contributed by atoms with Gasteiger partial charge in [-0.15, -0.1) is 0 Å². The molecule has 1 aliphatic rings. The lowest BCUT2D eigenvalue weighted by molar-refractivity contribution is -0.122. The van der Waals surface area contributed by atoms with Gasteiger partial charge in [0.15, 0.2) is 0 Å². The molecule has 0 aliphatic carbocycles. The van der Waals surface area contributed by atoms with Gasteiger partial charge in [0.05, 0.1) is 0 Å². The maximum absolute atomic E-state index is 12.6. The summed E-state index contributed by atoms with van der Waals surface area (Å²) < 4.78 is 0. The lowest BCUT2D eigenvalue weighted by Gasteiger charge is -2.35. The minimum Gasteiger partial charge on any atom is -0.313 e. The van der Waals surface area contributed by atoms with Crippen LogP contribution in [0.5, 0.6) is 0 Å². The molecular formula is C16H24N2O. The number of rotatable bonds is 4. The van der Waals surface area contributed by atoms with E-state index >= 15 is 0 Å². The highest BCUT2D eigenvalue weighted by molar-refractivity contribution is 5.96. The predicted molar refractivity (Wildman–Crippen MR) is 79.3 cm³/mol. The topological polar surface area (TPSA) is 32.3 Å². The van der Waals surface area contributed by atoms with E-state index in [1.807, 2.05) is 24.1 Å². The molecule has 2 rings (SSSR count). The van der Waals surface area contributed by atoms with Crippen molar-refractivity contribution in [1.29, 1.82) is 0 Å². The fraction of sp³-hybridized carbons (Fsp3) is 0.562. The Morgan fingerprint density at radius 3 is 2.68 bits per heavy atom. The Kier molecular flexibility index (Phi) is 4.59. The van der Waals surface area contributed by atoms with Crippen LogP contribution in [0.4, 0.5) is 5.69 Å². The Hall–Kier alpha value is -1.35. The van der Waals surface area contributed by atoms with Gasteiger partial charge in [0.25, 0.3) is 0 Å². The summed E-state index contributed by atoms with van der Waals surface area (Å²) in [5.41, 5.74) is 2.33. The second-order valence-electron chi connectivity index (χ2n) is 5.19. The first-order valence-corrected chi connectivity index (χ1v) is 7.30. The molecule has 0 fully saturated rings. The Bertz CT molecular complexity index is 440. The van der Waals surface area contributed by atoms with Gasteiger partial charge < -0.3 is 10.2 Å². The van der Waals surface area contributed by atoms with Gasteiger partial charge in [-0.1, -0.05) is 32.0 Å². The summed E-state index contributed by atoms with van der Waals surface area (Å²) in [6.45, 7) is 5.01. The number of nitrogens with zero attached hydrogens (tertiary/aromatic N) is 1. The van der Waals surface area contributed by atoms with Gasteiger partial charge in [0.2, 0.25) is 5.91 Å². The average molecular weight is 260 g/mol. The van der Waals surface area contributed by atoms with Crippen molar-refractivity contribution in [1.82, 2.24) is 5.32 Å². The van der Waals surface area contributed by atoms with Crippen LogP contribution in [0, 0.1) is 5.92 Å². The van der Waals surface area contributed by atoms with Crippen LogP contribution in [0.15, 0.2) is 24.3 Å². The second-order valence-corrected chi connectivity index (χ2v) is 5.19. The van der Waals surface area contributed by atoms with Gasteiger partial charge in [-0.05, 0) is 37.9 Å². The van der Waals surface area contributed by atoms with Crippen molar-refractivity contribution in [3.05, 3.63) is 29.8 Å². The molecule has 1 aromatic rings. The number of anilines is 1. The van der Waals surface area contributed by atoms with E-state index < -0.39 is 0 Å². The minimum atomic E-state index is 0.152. The molecule has 1 unspecified atom stereocenters. The molecule has 1 aliphatic heterocycles. The summed E-state index contributed by atoms with van der Waals surface area (Å²) in [4.78, 5) is 14.6. The predicted octanol–water partition coefficient (Wildman–Crippen LogP) is 3.12. The molecule has 0 bridgehead atoms. The minimum absolute atomic E-state index is 0.152. The number of fused-ring (bicyclic) bond motifs is 1. The van der Waals surface area contributed by atoms with Crippen LogP contribution >= 0.6 is 0 Å². The molecule has 19 heavy (non-hydrogen) atoms. The highest BCUT2D eigenvalue weighted by Gasteiger charge is 2.30. The Balaban J connectivity index is 2.31. The molecule has 0 radical (unpaired) electrons. The van der Waals surface area contributed by atoms with Crippen LogP contribution in [0.3, 0.4) is 0 Å². The van der Waals surface area contributed by atoms with Gasteiger partial charge in [-0.3, -0.25) is 4.79 Å². The first-order chi connectivity index (χ1) is 9.22. The molecular weight excluding hydrogens is 236 g/mol. The van der Waals surface area contributed by atoms with E-state index in [-0.39, 0.29) is 11.8 Å². The number of hydrogen-bond donors (Lipinski definition) is 1. The number of hydrogen-bond acceptors (Lipinski definition) is 2. The molecule has 3 heteroatoms. The second kappa shape index (κ2) is 6.20. The van der Waals surface area contributed by atoms with Crippen molar-refractivity contribution in [3.8, 4) is 0 Å². The third kappa shape index (κ3) is 2.66. The van der Waals surface area contributed by atoms with E-state index in [1.165, 1.54) is 5.56 Å². The molecule has 0 aromatic heterocycles. The standard InChI is InChI=1S/C16H24N2O/c1-4-12(5-2)16(19)18-11-10-14(17-3)13-8-6-7-9-15(13)18/h6-9,12,14,17H,4-5,10-11H2,1-3H3. The normalized spacial score (nSPS) is 18.5. The average Bonchev–Trinajstić information content (AvgIpc) is 2.47. The first-order valence-electron chi connectivity index (χ1n) is 7.30. The number of carbonyl (C=O) groups excluding carboxylic acids is 1. The van der Waals surface area contributed by atoms with Crippen LogP contribution in [0.2, 0.25) is 0 Å². The summed E-state index contributed by atoms with van der Waals surface area (Å²) >= 11 is 0. The maximum atomic E-state index is 12.6. The number of para-hydroxylation sites is 1. The van der Waals surface area contributed by atoms with Crippen molar-refractivity contribution in [2.75, 3.05) is 18.5 Å². The van der Waals surface area contributed by atoms with E-state index in [0.717, 1.165) is 31.5 Å². The SMILES string of the molecule is CCC(CC)C(=O)N1CCC(NC)c2ccccc21. The van der Waals surface area contributed by atoms with Gasteiger partial charge >= 0.3 is 0 Å². The molecule has 3 nitrogen and oxygen atoms in total. The zero-order chi connectivity index (χ0) is 13.8. The molecule has 1 heterocycles. The number of amides is 1. The fourth-order valence-electron chi connectivity index (χ4n) is 2.95. The zero-order valence-corrected chi connectivity index (χ0v) is 12.1. The highest BCUT2D eigenvalue weighted by atomic mass is 16.2. The molecule has 0 saturated carbocycles. The van der Waals surface area contributed by atoms with Gasteiger partial charge in [0.1, 0.15) is 0 Å². The Morgan fingerprint density at radius 1 is 1.37 bits per heavy atom. The molecule has 1 amide bonds. The highest BCUT2D eigenvalue weighted by Crippen LogP contribution is 2.34. The summed E-state index contributed by atoms with van der Waals surface area (Å²) in [6.07, 6.45) is 2.83. The van der Waals surface area contributed by atoms with E-state index in [1.54, 1.807) is 0 Å². The molecule has 1 aromatic carbocycles. The maximum Gasteiger partial charge on any atom is 0.230 e. The quantitative estimate of drug-likeness (QED) is 0.902. The van der Waals surface area contributed by atoms with Gasteiger partial charge in [-0.25, -0.2) is 0 Å². The summed E-state index contributed by atoms with van der Waals surface area (Å²) in [6, 6.07) is 8.63. The van der Waals surface area contributed by atoms with Crippen LogP contribution in [0.1, 0.15) is 44.7 Å². The number of carbonyl (C=O) groups is 1. The van der Waals surface area contributed by atoms with Crippen molar-refractivity contribution < 1.29 is 4.79 Å². The van der Waals surface area contributed by atoms with Crippen LogP contribution in [-0.2, 0) is 4.79 Å². The zero-order valence-electron chi connectivity index (χ0n) is 12.1. The van der Waals surface area contributed by atoms with E-state index in [2.05, 4.69) is 31.3 Å². The van der Waals surface area contributed by atoms with E-state index in [0.29, 0.717) is 6.04 Å². The van der Waals surface area contributed by atoms with Crippen molar-refractivity contribution in [2.24, 2.45) is 5.92 Å². The number of benzene rings is 1. The summed E-state index contributed by atoms with van der Waals surface area (Å²) in [7, 11) is 1.99.